The van der Waals surface area contributed by atoms with Gasteiger partial charge in [0.15, 0.2) is 9.84 Å². The minimum atomic E-state index is -3.51. The summed E-state index contributed by atoms with van der Waals surface area (Å²) in [6, 6.07) is 17.1. The fourth-order valence-electron chi connectivity index (χ4n) is 2.49. The van der Waals surface area contributed by atoms with Crippen LogP contribution in [0.3, 0.4) is 0 Å². The quantitative estimate of drug-likeness (QED) is 0.714. The van der Waals surface area contributed by atoms with Crippen LogP contribution in [0.25, 0.3) is 0 Å². The van der Waals surface area contributed by atoms with Crippen LogP contribution in [0, 0.1) is 11.6 Å². The molecule has 7 heteroatoms. The zero-order valence-corrected chi connectivity index (χ0v) is 14.8. The zero-order chi connectivity index (χ0) is 19.4. The molecule has 0 heterocycles. The van der Waals surface area contributed by atoms with Crippen LogP contribution in [0.4, 0.5) is 14.5 Å². The predicted octanol–water partition coefficient (Wildman–Crippen LogP) is 4.19. The maximum Gasteiger partial charge on any atom is 0.255 e. The Hall–Kier alpha value is -3.06. The normalized spacial score (nSPS) is 11.2. The van der Waals surface area contributed by atoms with Gasteiger partial charge in [0.25, 0.3) is 5.91 Å². The van der Waals surface area contributed by atoms with Gasteiger partial charge in [0, 0.05) is 5.56 Å². The van der Waals surface area contributed by atoms with Gasteiger partial charge in [0.05, 0.1) is 10.6 Å². The van der Waals surface area contributed by atoms with Crippen LogP contribution in [0.2, 0.25) is 0 Å². The van der Waals surface area contributed by atoms with E-state index in [2.05, 4.69) is 5.32 Å². The van der Waals surface area contributed by atoms with E-state index in [4.69, 9.17) is 0 Å². The molecule has 0 unspecified atom stereocenters. The number of hydrogen-bond acceptors (Lipinski definition) is 3. The van der Waals surface area contributed by atoms with E-state index >= 15 is 0 Å². The molecule has 0 fully saturated rings. The SMILES string of the molecule is O=C(Nc1c(F)cccc1F)c1ccc(CS(=O)(=O)c2ccccc2)cc1. The fraction of sp³-hybridized carbons (Fsp3) is 0.0500. The average Bonchev–Trinajstić information content (AvgIpc) is 2.66. The second kappa shape index (κ2) is 7.67. The van der Waals surface area contributed by atoms with E-state index in [1.54, 1.807) is 18.2 Å². The molecule has 0 radical (unpaired) electrons. The summed E-state index contributed by atoms with van der Waals surface area (Å²) < 4.78 is 52.0. The first kappa shape index (κ1) is 18.7. The van der Waals surface area contributed by atoms with Gasteiger partial charge in [0.1, 0.15) is 17.3 Å². The number of carbonyl (C=O) groups excluding carboxylic acids is 1. The van der Waals surface area contributed by atoms with Crippen LogP contribution in [0.1, 0.15) is 15.9 Å². The Morgan fingerprint density at radius 3 is 2.00 bits per heavy atom. The van der Waals surface area contributed by atoms with Gasteiger partial charge in [0.2, 0.25) is 0 Å². The van der Waals surface area contributed by atoms with E-state index < -0.39 is 33.1 Å². The summed E-state index contributed by atoms with van der Waals surface area (Å²) in [6.45, 7) is 0. The van der Waals surface area contributed by atoms with Crippen molar-refractivity contribution in [2.75, 3.05) is 5.32 Å². The molecule has 0 saturated carbocycles. The zero-order valence-electron chi connectivity index (χ0n) is 14.0. The summed E-state index contributed by atoms with van der Waals surface area (Å²) >= 11 is 0. The highest BCUT2D eigenvalue weighted by Gasteiger charge is 2.16. The van der Waals surface area contributed by atoms with Crippen molar-refractivity contribution < 1.29 is 22.0 Å². The van der Waals surface area contributed by atoms with Gasteiger partial charge in [-0.1, -0.05) is 36.4 Å². The van der Waals surface area contributed by atoms with Gasteiger partial charge in [-0.25, -0.2) is 17.2 Å². The molecular formula is C20H15F2NO3S. The van der Waals surface area contributed by atoms with E-state index in [0.29, 0.717) is 5.56 Å². The Morgan fingerprint density at radius 2 is 1.41 bits per heavy atom. The van der Waals surface area contributed by atoms with Gasteiger partial charge in [-0.05, 0) is 42.0 Å². The molecule has 0 saturated heterocycles. The maximum absolute atomic E-state index is 13.6. The van der Waals surface area contributed by atoms with Crippen molar-refractivity contribution in [3.05, 3.63) is 95.6 Å². The minimum Gasteiger partial charge on any atom is -0.317 e. The topological polar surface area (TPSA) is 63.2 Å². The first-order chi connectivity index (χ1) is 12.9. The molecule has 0 aliphatic heterocycles. The third-order valence-corrected chi connectivity index (χ3v) is 5.58. The molecule has 0 atom stereocenters. The smallest absolute Gasteiger partial charge is 0.255 e. The summed E-state index contributed by atoms with van der Waals surface area (Å²) in [4.78, 5) is 12.4. The Kier molecular flexibility index (Phi) is 5.32. The molecule has 0 aromatic heterocycles. The van der Waals surface area contributed by atoms with E-state index in [-0.39, 0.29) is 16.2 Å². The number of para-hydroxylation sites is 1. The lowest BCUT2D eigenvalue weighted by atomic mass is 10.1. The molecule has 1 N–H and O–H groups in total. The van der Waals surface area contributed by atoms with E-state index in [0.717, 1.165) is 12.1 Å². The first-order valence-electron chi connectivity index (χ1n) is 7.99. The molecule has 3 aromatic rings. The largest absolute Gasteiger partial charge is 0.317 e. The van der Waals surface area contributed by atoms with Crippen LogP contribution < -0.4 is 5.32 Å². The second-order valence-corrected chi connectivity index (χ2v) is 7.81. The highest BCUT2D eigenvalue weighted by Crippen LogP contribution is 2.20. The number of amides is 1. The standard InChI is InChI=1S/C20H15F2NO3S/c21-17-7-4-8-18(22)19(17)23-20(24)15-11-9-14(10-12-15)13-27(25,26)16-5-2-1-3-6-16/h1-12H,13H2,(H,23,24). The summed E-state index contributed by atoms with van der Waals surface area (Å²) in [5.74, 6) is -2.68. The number of benzene rings is 3. The Balaban J connectivity index is 1.75. The lowest BCUT2D eigenvalue weighted by Gasteiger charge is -2.08. The molecule has 3 aromatic carbocycles. The van der Waals surface area contributed by atoms with E-state index in [1.807, 2.05) is 0 Å². The number of anilines is 1. The lowest BCUT2D eigenvalue weighted by Crippen LogP contribution is -2.14. The molecule has 1 amide bonds. The number of hydrogen-bond donors (Lipinski definition) is 1. The van der Waals surface area contributed by atoms with Crippen molar-refractivity contribution in [3.8, 4) is 0 Å². The highest BCUT2D eigenvalue weighted by molar-refractivity contribution is 7.90. The van der Waals surface area contributed by atoms with Crippen molar-refractivity contribution in [1.82, 2.24) is 0 Å². The van der Waals surface area contributed by atoms with Crippen molar-refractivity contribution in [2.24, 2.45) is 0 Å². The van der Waals surface area contributed by atoms with Crippen molar-refractivity contribution >= 4 is 21.4 Å². The Morgan fingerprint density at radius 1 is 0.815 bits per heavy atom. The van der Waals surface area contributed by atoms with E-state index in [1.165, 1.54) is 42.5 Å². The predicted molar refractivity (Wildman–Crippen MR) is 98.1 cm³/mol. The molecule has 3 rings (SSSR count). The maximum atomic E-state index is 13.6. The average molecular weight is 387 g/mol. The molecule has 0 spiro atoms. The molecular weight excluding hydrogens is 372 g/mol. The van der Waals surface area contributed by atoms with Crippen molar-refractivity contribution in [1.29, 1.82) is 0 Å². The van der Waals surface area contributed by atoms with Crippen LogP contribution in [-0.4, -0.2) is 14.3 Å². The summed E-state index contributed by atoms with van der Waals surface area (Å²) in [6.07, 6.45) is 0. The molecule has 4 nitrogen and oxygen atoms in total. The number of sulfone groups is 1. The third-order valence-electron chi connectivity index (χ3n) is 3.88. The van der Waals surface area contributed by atoms with Crippen molar-refractivity contribution in [2.45, 2.75) is 10.6 Å². The van der Waals surface area contributed by atoms with Crippen LogP contribution >= 0.6 is 0 Å². The highest BCUT2D eigenvalue weighted by atomic mass is 32.2. The number of halogens is 2. The number of carbonyl (C=O) groups is 1. The number of nitrogens with one attached hydrogen (secondary N) is 1. The van der Waals surface area contributed by atoms with Crippen LogP contribution in [0.5, 0.6) is 0 Å². The molecule has 0 bridgehead atoms. The summed E-state index contributed by atoms with van der Waals surface area (Å²) in [5.41, 5.74) is 0.115. The first-order valence-corrected chi connectivity index (χ1v) is 9.64. The minimum absolute atomic E-state index is 0.151. The van der Waals surface area contributed by atoms with Crippen molar-refractivity contribution in [3.63, 3.8) is 0 Å². The Labute approximate surface area is 155 Å². The molecule has 27 heavy (non-hydrogen) atoms. The van der Waals surface area contributed by atoms with E-state index in [9.17, 15) is 22.0 Å². The fourth-order valence-corrected chi connectivity index (χ4v) is 3.86. The molecule has 138 valence electrons. The summed E-state index contributed by atoms with van der Waals surface area (Å²) in [5, 5.41) is 2.18. The van der Waals surface area contributed by atoms with Gasteiger partial charge in [-0.3, -0.25) is 4.79 Å². The molecule has 0 aliphatic carbocycles. The monoisotopic (exact) mass is 387 g/mol. The lowest BCUT2D eigenvalue weighted by molar-refractivity contribution is 0.102. The van der Waals surface area contributed by atoms with Crippen LogP contribution in [0.15, 0.2) is 77.7 Å². The molecule has 0 aliphatic rings. The number of rotatable bonds is 5. The summed E-state index contributed by atoms with van der Waals surface area (Å²) in [7, 11) is -3.51. The Bertz CT molecular complexity index is 1050. The van der Waals surface area contributed by atoms with Gasteiger partial charge < -0.3 is 5.32 Å². The third kappa shape index (κ3) is 4.38. The van der Waals surface area contributed by atoms with Crippen LogP contribution in [-0.2, 0) is 15.6 Å². The second-order valence-electron chi connectivity index (χ2n) is 5.82. The van der Waals surface area contributed by atoms with Gasteiger partial charge in [-0.2, -0.15) is 0 Å². The van der Waals surface area contributed by atoms with Gasteiger partial charge in [-0.15, -0.1) is 0 Å². The van der Waals surface area contributed by atoms with Gasteiger partial charge >= 0.3 is 0 Å².